The Morgan fingerprint density at radius 1 is 1.14 bits per heavy atom. The minimum Gasteiger partial charge on any atom is -0.484 e. The molecular formula is C20H24N6O2. The van der Waals surface area contributed by atoms with Crippen molar-refractivity contribution in [2.24, 2.45) is 7.05 Å². The van der Waals surface area contributed by atoms with E-state index in [9.17, 15) is 4.79 Å². The Bertz CT molecular complexity index is 898. The monoisotopic (exact) mass is 380 g/mol. The first kappa shape index (κ1) is 18.2. The first-order valence-corrected chi connectivity index (χ1v) is 9.52. The summed E-state index contributed by atoms with van der Waals surface area (Å²) >= 11 is 0. The van der Waals surface area contributed by atoms with E-state index in [4.69, 9.17) is 4.74 Å². The van der Waals surface area contributed by atoms with Crippen molar-refractivity contribution in [3.8, 4) is 5.75 Å². The fourth-order valence-electron chi connectivity index (χ4n) is 3.55. The highest BCUT2D eigenvalue weighted by atomic mass is 16.5. The highest BCUT2D eigenvalue weighted by molar-refractivity contribution is 5.77. The van der Waals surface area contributed by atoms with Crippen molar-refractivity contribution in [1.82, 2.24) is 29.4 Å². The molecule has 3 aromatic rings. The van der Waals surface area contributed by atoms with Crippen molar-refractivity contribution in [3.63, 3.8) is 0 Å². The minimum absolute atomic E-state index is 0.0274. The van der Waals surface area contributed by atoms with Crippen molar-refractivity contribution in [2.45, 2.75) is 25.3 Å². The molecule has 146 valence electrons. The molecule has 8 nitrogen and oxygen atoms in total. The number of carbonyl (C=O) groups is 1. The summed E-state index contributed by atoms with van der Waals surface area (Å²) in [5.74, 6) is 2.92. The number of benzene rings is 1. The molecule has 1 saturated heterocycles. The second kappa shape index (κ2) is 8.24. The Balaban J connectivity index is 1.30. The maximum Gasteiger partial charge on any atom is 0.260 e. The van der Waals surface area contributed by atoms with Crippen LogP contribution in [0.25, 0.3) is 0 Å². The van der Waals surface area contributed by atoms with Crippen molar-refractivity contribution in [3.05, 3.63) is 60.4 Å². The Hall–Kier alpha value is -3.16. The van der Waals surface area contributed by atoms with Gasteiger partial charge in [-0.3, -0.25) is 9.48 Å². The summed E-state index contributed by atoms with van der Waals surface area (Å²) in [5, 5.41) is 13.0. The van der Waals surface area contributed by atoms with Crippen LogP contribution in [-0.2, 0) is 18.4 Å². The third kappa shape index (κ3) is 4.05. The van der Waals surface area contributed by atoms with Gasteiger partial charge in [-0.15, -0.1) is 10.2 Å². The summed E-state index contributed by atoms with van der Waals surface area (Å²) in [7, 11) is 2.00. The van der Waals surface area contributed by atoms with Gasteiger partial charge in [0.25, 0.3) is 5.91 Å². The number of piperidine rings is 1. The van der Waals surface area contributed by atoms with E-state index in [2.05, 4.69) is 19.9 Å². The topological polar surface area (TPSA) is 78.1 Å². The SMILES string of the molecule is Cn1c(Cn2cccn2)nnc1C1CCN(C(=O)COc2ccccc2)CC1. The number of amides is 1. The molecule has 8 heteroatoms. The predicted molar refractivity (Wildman–Crippen MR) is 103 cm³/mol. The molecule has 3 heterocycles. The number of hydrogen-bond acceptors (Lipinski definition) is 5. The molecular weight excluding hydrogens is 356 g/mol. The van der Waals surface area contributed by atoms with Crippen LogP contribution in [0.4, 0.5) is 0 Å². The van der Waals surface area contributed by atoms with E-state index in [-0.39, 0.29) is 12.5 Å². The van der Waals surface area contributed by atoms with Gasteiger partial charge in [-0.05, 0) is 31.0 Å². The zero-order chi connectivity index (χ0) is 19.3. The van der Waals surface area contributed by atoms with Gasteiger partial charge in [-0.1, -0.05) is 18.2 Å². The van der Waals surface area contributed by atoms with Gasteiger partial charge in [0.15, 0.2) is 12.4 Å². The minimum atomic E-state index is 0.0274. The van der Waals surface area contributed by atoms with Gasteiger partial charge in [0.05, 0.1) is 0 Å². The van der Waals surface area contributed by atoms with Crippen LogP contribution >= 0.6 is 0 Å². The lowest BCUT2D eigenvalue weighted by molar-refractivity contribution is -0.134. The first-order valence-electron chi connectivity index (χ1n) is 9.52. The van der Waals surface area contributed by atoms with Crippen LogP contribution in [0.3, 0.4) is 0 Å². The van der Waals surface area contributed by atoms with Crippen LogP contribution < -0.4 is 4.74 Å². The molecule has 0 spiro atoms. The molecule has 0 saturated carbocycles. The van der Waals surface area contributed by atoms with Crippen molar-refractivity contribution in [2.75, 3.05) is 19.7 Å². The number of hydrogen-bond donors (Lipinski definition) is 0. The second-order valence-electron chi connectivity index (χ2n) is 6.99. The zero-order valence-corrected chi connectivity index (χ0v) is 15.9. The van der Waals surface area contributed by atoms with Gasteiger partial charge in [0.2, 0.25) is 0 Å². The number of para-hydroxylation sites is 1. The summed E-state index contributed by atoms with van der Waals surface area (Å²) in [6.45, 7) is 2.10. The molecule has 0 bridgehead atoms. The lowest BCUT2D eigenvalue weighted by Gasteiger charge is -2.31. The molecule has 2 aromatic heterocycles. The third-order valence-electron chi connectivity index (χ3n) is 5.18. The van der Waals surface area contributed by atoms with Crippen LogP contribution in [0.5, 0.6) is 5.75 Å². The highest BCUT2D eigenvalue weighted by Crippen LogP contribution is 2.27. The Labute approximate surface area is 163 Å². The molecule has 1 aliphatic rings. The van der Waals surface area contributed by atoms with Crippen LogP contribution in [0.2, 0.25) is 0 Å². The predicted octanol–water partition coefficient (Wildman–Crippen LogP) is 1.84. The molecule has 1 aliphatic heterocycles. The Morgan fingerprint density at radius 3 is 2.64 bits per heavy atom. The molecule has 0 aliphatic carbocycles. The smallest absolute Gasteiger partial charge is 0.260 e. The van der Waals surface area contributed by atoms with Gasteiger partial charge >= 0.3 is 0 Å². The molecule has 0 atom stereocenters. The van der Waals surface area contributed by atoms with E-state index in [1.807, 2.05) is 59.2 Å². The van der Waals surface area contributed by atoms with Crippen LogP contribution in [0.1, 0.15) is 30.4 Å². The largest absolute Gasteiger partial charge is 0.484 e. The normalized spacial score (nSPS) is 15.0. The highest BCUT2D eigenvalue weighted by Gasteiger charge is 2.27. The van der Waals surface area contributed by atoms with Gasteiger partial charge < -0.3 is 14.2 Å². The Kier molecular flexibility index (Phi) is 5.36. The van der Waals surface area contributed by atoms with Crippen LogP contribution in [0.15, 0.2) is 48.8 Å². The average Bonchev–Trinajstić information content (AvgIpc) is 3.38. The van der Waals surface area contributed by atoms with Crippen molar-refractivity contribution >= 4 is 5.91 Å². The molecule has 1 aromatic carbocycles. The fraction of sp³-hybridized carbons (Fsp3) is 0.400. The summed E-state index contributed by atoms with van der Waals surface area (Å²) < 4.78 is 9.47. The maximum absolute atomic E-state index is 12.4. The van der Waals surface area contributed by atoms with E-state index < -0.39 is 0 Å². The lowest BCUT2D eigenvalue weighted by atomic mass is 9.96. The van der Waals surface area contributed by atoms with Crippen molar-refractivity contribution in [1.29, 1.82) is 0 Å². The summed E-state index contributed by atoms with van der Waals surface area (Å²) in [6, 6.07) is 11.3. The van der Waals surface area contributed by atoms with E-state index in [1.165, 1.54) is 0 Å². The lowest BCUT2D eigenvalue weighted by Crippen LogP contribution is -2.40. The summed E-state index contributed by atoms with van der Waals surface area (Å²) in [6.07, 6.45) is 5.43. The fourth-order valence-corrected chi connectivity index (χ4v) is 3.55. The van der Waals surface area contributed by atoms with Gasteiger partial charge in [-0.2, -0.15) is 5.10 Å². The quantitative estimate of drug-likeness (QED) is 0.652. The van der Waals surface area contributed by atoms with E-state index in [0.29, 0.717) is 25.6 Å². The number of carbonyl (C=O) groups excluding carboxylic acids is 1. The first-order chi connectivity index (χ1) is 13.7. The van der Waals surface area contributed by atoms with Gasteiger partial charge in [0, 0.05) is 38.4 Å². The molecule has 1 fully saturated rings. The number of rotatable bonds is 6. The van der Waals surface area contributed by atoms with Gasteiger partial charge in [-0.25, -0.2) is 0 Å². The molecule has 1 amide bonds. The van der Waals surface area contributed by atoms with E-state index in [0.717, 1.165) is 30.2 Å². The average molecular weight is 380 g/mol. The van der Waals surface area contributed by atoms with E-state index >= 15 is 0 Å². The Morgan fingerprint density at radius 2 is 1.93 bits per heavy atom. The van der Waals surface area contributed by atoms with Crippen LogP contribution in [-0.4, -0.2) is 55.0 Å². The standard InChI is InChI=1S/C20H24N6O2/c1-24-18(14-26-11-5-10-21-26)22-23-20(24)16-8-12-25(13-9-16)19(27)15-28-17-6-3-2-4-7-17/h2-7,10-11,16H,8-9,12-15H2,1H3. The van der Waals surface area contributed by atoms with Gasteiger partial charge in [0.1, 0.15) is 18.1 Å². The summed E-state index contributed by atoms with van der Waals surface area (Å²) in [5.41, 5.74) is 0. The molecule has 0 radical (unpaired) electrons. The molecule has 0 N–H and O–H groups in total. The zero-order valence-electron chi connectivity index (χ0n) is 15.9. The molecule has 28 heavy (non-hydrogen) atoms. The molecule has 0 unspecified atom stereocenters. The number of ether oxygens (including phenoxy) is 1. The summed E-state index contributed by atoms with van der Waals surface area (Å²) in [4.78, 5) is 14.3. The molecule has 4 rings (SSSR count). The second-order valence-corrected chi connectivity index (χ2v) is 6.99. The number of likely N-dealkylation sites (tertiary alicyclic amines) is 1. The number of nitrogens with zero attached hydrogens (tertiary/aromatic N) is 6. The van der Waals surface area contributed by atoms with E-state index in [1.54, 1.807) is 6.20 Å². The van der Waals surface area contributed by atoms with Crippen molar-refractivity contribution < 1.29 is 9.53 Å². The van der Waals surface area contributed by atoms with Crippen LogP contribution in [0, 0.1) is 0 Å². The maximum atomic E-state index is 12.4. The number of aromatic nitrogens is 5. The third-order valence-corrected chi connectivity index (χ3v) is 5.18.